The third-order valence-electron chi connectivity index (χ3n) is 5.95. The molecule has 0 saturated carbocycles. The van der Waals surface area contributed by atoms with E-state index in [1.54, 1.807) is 13.2 Å². The number of methoxy groups -OCH3 is 2. The highest BCUT2D eigenvalue weighted by Gasteiger charge is 2.32. The molecule has 2 unspecified atom stereocenters. The Bertz CT molecular complexity index is 1040. The van der Waals surface area contributed by atoms with E-state index in [1.165, 1.54) is 35.4 Å². The summed E-state index contributed by atoms with van der Waals surface area (Å²) in [4.78, 5) is 11.4. The number of hydrogen-bond acceptors (Lipinski definition) is 3. The van der Waals surface area contributed by atoms with Crippen molar-refractivity contribution >= 4 is 12.0 Å². The number of carbonyl (C=O) groups excluding carboxylic acids is 1. The monoisotopic (exact) mass is 398 g/mol. The van der Waals surface area contributed by atoms with Gasteiger partial charge in [0.25, 0.3) is 0 Å². The lowest BCUT2D eigenvalue weighted by atomic mass is 9.69. The highest BCUT2D eigenvalue weighted by atomic mass is 16.5. The highest BCUT2D eigenvalue weighted by molar-refractivity contribution is 5.86. The summed E-state index contributed by atoms with van der Waals surface area (Å²) in [6, 6.07) is 25.7. The van der Waals surface area contributed by atoms with Crippen LogP contribution >= 0.6 is 0 Å². The van der Waals surface area contributed by atoms with Crippen molar-refractivity contribution in [2.45, 2.75) is 24.7 Å². The smallest absolute Gasteiger partial charge is 0.330 e. The fourth-order valence-corrected chi connectivity index (χ4v) is 4.44. The van der Waals surface area contributed by atoms with Gasteiger partial charge in [0.05, 0.1) is 14.2 Å². The van der Waals surface area contributed by atoms with Gasteiger partial charge < -0.3 is 9.47 Å². The minimum Gasteiger partial charge on any atom is -0.497 e. The van der Waals surface area contributed by atoms with Crippen LogP contribution in [0.2, 0.25) is 0 Å². The number of benzene rings is 3. The Kier molecular flexibility index (Phi) is 5.99. The second-order valence-electron chi connectivity index (χ2n) is 7.62. The lowest BCUT2D eigenvalue weighted by Gasteiger charge is -2.35. The van der Waals surface area contributed by atoms with E-state index in [9.17, 15) is 4.79 Å². The summed E-state index contributed by atoms with van der Waals surface area (Å²) in [6.45, 7) is 0. The van der Waals surface area contributed by atoms with Gasteiger partial charge in [0.2, 0.25) is 0 Å². The van der Waals surface area contributed by atoms with Crippen LogP contribution in [0.1, 0.15) is 46.1 Å². The molecular formula is C27H26O3. The first-order chi connectivity index (χ1) is 14.7. The molecule has 30 heavy (non-hydrogen) atoms. The largest absolute Gasteiger partial charge is 0.497 e. The van der Waals surface area contributed by atoms with Crippen molar-refractivity contribution in [3.05, 3.63) is 107 Å². The summed E-state index contributed by atoms with van der Waals surface area (Å²) in [6.07, 6.45) is 5.37. The van der Waals surface area contributed by atoms with Gasteiger partial charge in [0.15, 0.2) is 0 Å². The lowest BCUT2D eigenvalue weighted by Crippen LogP contribution is -2.20. The third-order valence-corrected chi connectivity index (χ3v) is 5.95. The Hall–Kier alpha value is -3.33. The molecular weight excluding hydrogens is 372 g/mol. The van der Waals surface area contributed by atoms with Crippen LogP contribution in [0.4, 0.5) is 0 Å². The lowest BCUT2D eigenvalue weighted by molar-refractivity contribution is -0.134. The summed E-state index contributed by atoms with van der Waals surface area (Å²) in [5, 5.41) is 0. The Morgan fingerprint density at radius 1 is 0.933 bits per heavy atom. The van der Waals surface area contributed by atoms with E-state index in [0.717, 1.165) is 24.2 Å². The molecule has 0 aromatic heterocycles. The molecule has 0 fully saturated rings. The molecule has 3 aromatic carbocycles. The quantitative estimate of drug-likeness (QED) is 0.406. The molecule has 0 aliphatic heterocycles. The van der Waals surface area contributed by atoms with E-state index in [4.69, 9.17) is 4.74 Å². The van der Waals surface area contributed by atoms with Gasteiger partial charge in [0, 0.05) is 12.0 Å². The van der Waals surface area contributed by atoms with Crippen LogP contribution in [0.15, 0.2) is 78.9 Å². The molecule has 3 heteroatoms. The molecule has 0 radical (unpaired) electrons. The first kappa shape index (κ1) is 20.0. The van der Waals surface area contributed by atoms with E-state index < -0.39 is 0 Å². The molecule has 0 saturated heterocycles. The Morgan fingerprint density at radius 3 is 2.40 bits per heavy atom. The Balaban J connectivity index is 1.73. The van der Waals surface area contributed by atoms with E-state index >= 15 is 0 Å². The summed E-state index contributed by atoms with van der Waals surface area (Å²) < 4.78 is 10.1. The zero-order valence-electron chi connectivity index (χ0n) is 17.4. The molecule has 1 aliphatic carbocycles. The SMILES string of the molecule is COC(=O)/C=C/c1ccc(C2c3ccc(OC)cc3CCC2c2ccccc2)cc1. The van der Waals surface area contributed by atoms with Crippen molar-refractivity contribution < 1.29 is 14.3 Å². The standard InChI is InChI=1S/C27H26O3/c1-29-23-14-16-25-22(18-23)13-15-24(20-6-4-3-5-7-20)27(25)21-11-8-19(9-12-21)10-17-26(28)30-2/h3-12,14,16-18,24,27H,13,15H2,1-2H3/b17-10+. The highest BCUT2D eigenvalue weighted by Crippen LogP contribution is 2.46. The minimum absolute atomic E-state index is 0.278. The van der Waals surface area contributed by atoms with Gasteiger partial charge in [-0.15, -0.1) is 0 Å². The molecule has 4 rings (SSSR count). The first-order valence-corrected chi connectivity index (χ1v) is 10.3. The Labute approximate surface area is 178 Å². The summed E-state index contributed by atoms with van der Waals surface area (Å²) in [7, 11) is 3.10. The topological polar surface area (TPSA) is 35.5 Å². The maximum atomic E-state index is 11.4. The zero-order chi connectivity index (χ0) is 20.9. The van der Waals surface area contributed by atoms with Gasteiger partial charge in [-0.25, -0.2) is 4.79 Å². The molecule has 0 bridgehead atoms. The van der Waals surface area contributed by atoms with E-state index in [1.807, 2.05) is 0 Å². The van der Waals surface area contributed by atoms with E-state index in [-0.39, 0.29) is 11.9 Å². The van der Waals surface area contributed by atoms with Gasteiger partial charge in [-0.3, -0.25) is 0 Å². The summed E-state index contributed by atoms with van der Waals surface area (Å²) in [5.41, 5.74) is 6.37. The number of rotatable bonds is 5. The van der Waals surface area contributed by atoms with E-state index in [0.29, 0.717) is 5.92 Å². The predicted octanol–water partition coefficient (Wildman–Crippen LogP) is 5.74. The molecule has 3 aromatic rings. The van der Waals surface area contributed by atoms with Crippen LogP contribution in [0.25, 0.3) is 6.08 Å². The first-order valence-electron chi connectivity index (χ1n) is 10.3. The third kappa shape index (κ3) is 4.16. The maximum absolute atomic E-state index is 11.4. The minimum atomic E-state index is -0.349. The molecule has 3 nitrogen and oxygen atoms in total. The number of aryl methyl sites for hydroxylation is 1. The van der Waals surface area contributed by atoms with Crippen LogP contribution in [0.3, 0.4) is 0 Å². The van der Waals surface area contributed by atoms with Gasteiger partial charge in [0.1, 0.15) is 5.75 Å². The van der Waals surface area contributed by atoms with Crippen LogP contribution < -0.4 is 4.74 Å². The van der Waals surface area contributed by atoms with Crippen molar-refractivity contribution in [3.8, 4) is 5.75 Å². The van der Waals surface area contributed by atoms with Gasteiger partial charge in [-0.2, -0.15) is 0 Å². The molecule has 1 aliphatic rings. The number of ether oxygens (including phenoxy) is 2. The fraction of sp³-hybridized carbons (Fsp3) is 0.222. The van der Waals surface area contributed by atoms with Crippen molar-refractivity contribution in [3.63, 3.8) is 0 Å². The second kappa shape index (κ2) is 9.00. The number of carbonyl (C=O) groups is 1. The average Bonchev–Trinajstić information content (AvgIpc) is 2.82. The molecule has 0 amide bonds. The maximum Gasteiger partial charge on any atom is 0.330 e. The van der Waals surface area contributed by atoms with Gasteiger partial charge >= 0.3 is 5.97 Å². The second-order valence-corrected chi connectivity index (χ2v) is 7.62. The van der Waals surface area contributed by atoms with Crippen molar-refractivity contribution in [1.82, 2.24) is 0 Å². The van der Waals surface area contributed by atoms with Crippen molar-refractivity contribution in [2.24, 2.45) is 0 Å². The molecule has 0 N–H and O–H groups in total. The van der Waals surface area contributed by atoms with Crippen molar-refractivity contribution in [2.75, 3.05) is 14.2 Å². The molecule has 152 valence electrons. The van der Waals surface area contributed by atoms with Gasteiger partial charge in [-0.05, 0) is 64.8 Å². The Morgan fingerprint density at radius 2 is 1.70 bits per heavy atom. The number of fused-ring (bicyclic) bond motifs is 1. The molecule has 2 atom stereocenters. The zero-order valence-corrected chi connectivity index (χ0v) is 17.4. The predicted molar refractivity (Wildman–Crippen MR) is 120 cm³/mol. The van der Waals surface area contributed by atoms with Crippen LogP contribution in [0, 0.1) is 0 Å². The summed E-state index contributed by atoms with van der Waals surface area (Å²) in [5.74, 6) is 1.26. The van der Waals surface area contributed by atoms with Crippen molar-refractivity contribution in [1.29, 1.82) is 0 Å². The van der Waals surface area contributed by atoms with Crippen LogP contribution in [-0.2, 0) is 16.0 Å². The normalized spacial score (nSPS) is 18.1. The molecule has 0 heterocycles. The van der Waals surface area contributed by atoms with Crippen LogP contribution in [-0.4, -0.2) is 20.2 Å². The average molecular weight is 399 g/mol. The number of esters is 1. The summed E-state index contributed by atoms with van der Waals surface area (Å²) >= 11 is 0. The molecule has 0 spiro atoms. The van der Waals surface area contributed by atoms with Gasteiger partial charge in [-0.1, -0.05) is 60.7 Å². The van der Waals surface area contributed by atoms with Crippen LogP contribution in [0.5, 0.6) is 5.75 Å². The fourth-order valence-electron chi connectivity index (χ4n) is 4.44. The number of hydrogen-bond donors (Lipinski definition) is 0. The van der Waals surface area contributed by atoms with E-state index in [2.05, 4.69) is 77.5 Å².